The molecule has 0 radical (unpaired) electrons. The van der Waals surface area contributed by atoms with Gasteiger partial charge in [-0.25, -0.2) is 13.4 Å². The molecular weight excluding hydrogens is 274 g/mol. The summed E-state index contributed by atoms with van der Waals surface area (Å²) in [7, 11) is -3.92. The summed E-state index contributed by atoms with van der Waals surface area (Å²) in [4.78, 5) is 17.4. The first-order valence-electron chi connectivity index (χ1n) is 5.20. The van der Waals surface area contributed by atoms with Gasteiger partial charge in [-0.15, -0.1) is 0 Å². The van der Waals surface area contributed by atoms with E-state index >= 15 is 0 Å². The Hall–Kier alpha value is -2.20. The van der Waals surface area contributed by atoms with Crippen molar-refractivity contribution in [2.24, 2.45) is 0 Å². The number of aromatic amines is 2. The van der Waals surface area contributed by atoms with Gasteiger partial charge in [0.2, 0.25) is 10.0 Å². The van der Waals surface area contributed by atoms with E-state index in [9.17, 15) is 13.2 Å². The second kappa shape index (κ2) is 5.20. The Bertz CT molecular complexity index is 634. The third-order valence-corrected chi connectivity index (χ3v) is 3.80. The van der Waals surface area contributed by atoms with Crippen molar-refractivity contribution in [3.8, 4) is 0 Å². The number of nitrogens with one attached hydrogen (secondary N) is 3. The smallest absolute Gasteiger partial charge is 0.322 e. The van der Waals surface area contributed by atoms with Gasteiger partial charge in [0.05, 0.1) is 12.5 Å². The molecule has 0 aliphatic rings. The zero-order valence-corrected chi connectivity index (χ0v) is 10.4. The summed E-state index contributed by atoms with van der Waals surface area (Å²) in [6.45, 7) is 0. The molecule has 2 heterocycles. The van der Waals surface area contributed by atoms with Crippen LogP contribution in [-0.2, 0) is 21.2 Å². The van der Waals surface area contributed by atoms with Crippen LogP contribution in [0.3, 0.4) is 0 Å². The van der Waals surface area contributed by atoms with E-state index in [0.717, 1.165) is 12.4 Å². The minimum Gasteiger partial charge on any atom is -0.480 e. The molecule has 0 aromatic carbocycles. The molecule has 19 heavy (non-hydrogen) atoms. The first-order chi connectivity index (χ1) is 8.99. The normalized spacial score (nSPS) is 13.3. The molecule has 0 spiro atoms. The van der Waals surface area contributed by atoms with Crippen LogP contribution in [0.25, 0.3) is 0 Å². The van der Waals surface area contributed by atoms with Crippen molar-refractivity contribution in [3.63, 3.8) is 0 Å². The zero-order chi connectivity index (χ0) is 13.9. The Labute approximate surface area is 108 Å². The Kier molecular flexibility index (Phi) is 3.62. The third-order valence-electron chi connectivity index (χ3n) is 2.36. The van der Waals surface area contributed by atoms with Gasteiger partial charge in [-0.2, -0.15) is 9.82 Å². The standard InChI is InChI=1S/C9H11N5O4S/c15-9(16)8(1-6-2-10-5-11-6)14-19(17,18)7-3-12-13-4-7/h2-5,8,14H,1H2,(H,10,11)(H,12,13)(H,15,16)/t8-/m1/s1. The molecule has 0 unspecified atom stereocenters. The highest BCUT2D eigenvalue weighted by Crippen LogP contribution is 2.08. The first kappa shape index (κ1) is 13.2. The van der Waals surface area contributed by atoms with Gasteiger partial charge in [0.25, 0.3) is 0 Å². The van der Waals surface area contributed by atoms with Crippen LogP contribution in [-0.4, -0.2) is 45.7 Å². The summed E-state index contributed by atoms with van der Waals surface area (Å²) in [6.07, 6.45) is 5.04. The Morgan fingerprint density at radius 3 is 2.79 bits per heavy atom. The lowest BCUT2D eigenvalue weighted by Gasteiger charge is -2.12. The monoisotopic (exact) mass is 285 g/mol. The van der Waals surface area contributed by atoms with E-state index in [-0.39, 0.29) is 11.3 Å². The van der Waals surface area contributed by atoms with Crippen LogP contribution in [0, 0.1) is 0 Å². The van der Waals surface area contributed by atoms with E-state index in [0.29, 0.717) is 5.69 Å². The highest BCUT2D eigenvalue weighted by molar-refractivity contribution is 7.89. The van der Waals surface area contributed by atoms with Crippen LogP contribution >= 0.6 is 0 Å². The molecule has 0 fully saturated rings. The molecule has 0 aliphatic heterocycles. The maximum absolute atomic E-state index is 11.9. The quantitative estimate of drug-likeness (QED) is 0.542. The number of carbonyl (C=O) groups is 1. The predicted molar refractivity (Wildman–Crippen MR) is 62.6 cm³/mol. The summed E-state index contributed by atoms with van der Waals surface area (Å²) < 4.78 is 25.9. The number of nitrogens with zero attached hydrogens (tertiary/aromatic N) is 2. The summed E-state index contributed by atoms with van der Waals surface area (Å²) in [6, 6.07) is -1.29. The fourth-order valence-corrected chi connectivity index (χ4v) is 2.53. The average Bonchev–Trinajstić information content (AvgIpc) is 3.00. The minimum absolute atomic E-state index is 0.0353. The van der Waals surface area contributed by atoms with E-state index in [1.54, 1.807) is 0 Å². The van der Waals surface area contributed by atoms with Crippen LogP contribution in [0.4, 0.5) is 0 Å². The molecule has 0 saturated heterocycles. The molecule has 0 saturated carbocycles. The van der Waals surface area contributed by atoms with Crippen LogP contribution in [0.1, 0.15) is 5.69 Å². The van der Waals surface area contributed by atoms with Crippen molar-refractivity contribution >= 4 is 16.0 Å². The molecule has 2 aromatic heterocycles. The number of rotatable bonds is 6. The number of aromatic nitrogens is 4. The predicted octanol–water partition coefficient (Wildman–Crippen LogP) is -0.893. The van der Waals surface area contributed by atoms with Gasteiger partial charge in [-0.05, 0) is 0 Å². The van der Waals surface area contributed by atoms with Crippen LogP contribution in [0.2, 0.25) is 0 Å². The summed E-state index contributed by atoms with van der Waals surface area (Å²) in [5, 5.41) is 14.9. The fraction of sp³-hybridized carbons (Fsp3) is 0.222. The van der Waals surface area contributed by atoms with E-state index in [1.165, 1.54) is 12.5 Å². The molecule has 1 atom stereocenters. The van der Waals surface area contributed by atoms with Crippen LogP contribution in [0.5, 0.6) is 0 Å². The molecule has 10 heteroatoms. The largest absolute Gasteiger partial charge is 0.480 e. The number of carboxylic acid groups (broad SMARTS) is 1. The molecule has 4 N–H and O–H groups in total. The van der Waals surface area contributed by atoms with E-state index < -0.39 is 22.0 Å². The van der Waals surface area contributed by atoms with Crippen molar-refractivity contribution in [1.82, 2.24) is 24.9 Å². The van der Waals surface area contributed by atoms with Gasteiger partial charge in [-0.1, -0.05) is 0 Å². The lowest BCUT2D eigenvalue weighted by Crippen LogP contribution is -2.42. The molecule has 0 aliphatic carbocycles. The fourth-order valence-electron chi connectivity index (χ4n) is 1.44. The van der Waals surface area contributed by atoms with Crippen LogP contribution in [0.15, 0.2) is 29.8 Å². The highest BCUT2D eigenvalue weighted by atomic mass is 32.2. The van der Waals surface area contributed by atoms with Gasteiger partial charge < -0.3 is 10.1 Å². The van der Waals surface area contributed by atoms with Crippen molar-refractivity contribution < 1.29 is 18.3 Å². The minimum atomic E-state index is -3.92. The maximum atomic E-state index is 11.9. The molecule has 0 bridgehead atoms. The topological polar surface area (TPSA) is 141 Å². The lowest BCUT2D eigenvalue weighted by atomic mass is 10.2. The number of carboxylic acids is 1. The summed E-state index contributed by atoms with van der Waals surface area (Å²) >= 11 is 0. The van der Waals surface area contributed by atoms with Gasteiger partial charge in [-0.3, -0.25) is 9.89 Å². The van der Waals surface area contributed by atoms with Gasteiger partial charge in [0, 0.05) is 24.5 Å². The van der Waals surface area contributed by atoms with Gasteiger partial charge >= 0.3 is 5.97 Å². The van der Waals surface area contributed by atoms with Crippen molar-refractivity contribution in [2.75, 3.05) is 0 Å². The number of H-pyrrole nitrogens is 2. The molecule has 9 nitrogen and oxygen atoms in total. The second-order valence-electron chi connectivity index (χ2n) is 3.73. The van der Waals surface area contributed by atoms with E-state index in [2.05, 4.69) is 24.9 Å². The number of hydrogen-bond acceptors (Lipinski definition) is 5. The second-order valence-corrected chi connectivity index (χ2v) is 5.44. The van der Waals surface area contributed by atoms with Crippen molar-refractivity contribution in [1.29, 1.82) is 0 Å². The van der Waals surface area contributed by atoms with E-state index in [4.69, 9.17) is 5.11 Å². The number of hydrogen-bond donors (Lipinski definition) is 4. The SMILES string of the molecule is O=C(O)[C@@H](Cc1cnc[nH]1)NS(=O)(=O)c1cn[nH]c1. The maximum Gasteiger partial charge on any atom is 0.322 e. The first-order valence-corrected chi connectivity index (χ1v) is 6.68. The average molecular weight is 285 g/mol. The number of aliphatic carboxylic acids is 1. The molecule has 2 aromatic rings. The Morgan fingerprint density at radius 2 is 2.26 bits per heavy atom. The highest BCUT2D eigenvalue weighted by Gasteiger charge is 2.26. The lowest BCUT2D eigenvalue weighted by molar-refractivity contribution is -0.138. The Balaban J connectivity index is 2.15. The zero-order valence-electron chi connectivity index (χ0n) is 9.57. The molecular formula is C9H11N5O4S. The molecule has 0 amide bonds. The van der Waals surface area contributed by atoms with Gasteiger partial charge in [0.1, 0.15) is 10.9 Å². The van der Waals surface area contributed by atoms with Crippen LogP contribution < -0.4 is 4.72 Å². The number of sulfonamides is 1. The van der Waals surface area contributed by atoms with Crippen molar-refractivity contribution in [2.45, 2.75) is 17.4 Å². The van der Waals surface area contributed by atoms with Crippen molar-refractivity contribution in [3.05, 3.63) is 30.6 Å². The Morgan fingerprint density at radius 1 is 1.47 bits per heavy atom. The van der Waals surface area contributed by atoms with E-state index in [1.807, 2.05) is 0 Å². The molecule has 102 valence electrons. The third kappa shape index (κ3) is 3.17. The number of imidazole rings is 1. The van der Waals surface area contributed by atoms with Gasteiger partial charge in [0.15, 0.2) is 0 Å². The summed E-state index contributed by atoms with van der Waals surface area (Å²) in [5.74, 6) is -1.28. The summed E-state index contributed by atoms with van der Waals surface area (Å²) in [5.41, 5.74) is 0.516. The molecule has 2 rings (SSSR count).